The van der Waals surface area contributed by atoms with E-state index in [2.05, 4.69) is 6.08 Å². The summed E-state index contributed by atoms with van der Waals surface area (Å²) >= 11 is 0. The molecule has 0 bridgehead atoms. The van der Waals surface area contributed by atoms with Crippen molar-refractivity contribution in [2.24, 2.45) is 5.92 Å². The van der Waals surface area contributed by atoms with Crippen LogP contribution in [0.2, 0.25) is 0 Å². The number of sulfonamides is 2. The van der Waals surface area contributed by atoms with Crippen LogP contribution < -0.4 is 9.47 Å². The van der Waals surface area contributed by atoms with Gasteiger partial charge >= 0.3 is 0 Å². The van der Waals surface area contributed by atoms with E-state index in [9.17, 15) is 21.9 Å². The normalized spacial score (nSPS) is 22.7. The standard InChI is InChI=1S/C28H38N2O7S2/c1-20-17-30(21(2)19-31)39(34,35)28-14-13-23(22-9-6-5-7-10-22)15-26(28)37-27(20)18-29(3)38(32,33)25-12-8-11-24(16-25)36-4/h8-9,11-16,20-21,27,31H,5-7,10,17-19H2,1-4H3/t20-,21+,27-/m1/s1. The van der Waals surface area contributed by atoms with E-state index in [0.717, 1.165) is 36.8 Å². The zero-order valence-electron chi connectivity index (χ0n) is 22.9. The minimum atomic E-state index is -3.98. The molecule has 0 fully saturated rings. The van der Waals surface area contributed by atoms with Crippen LogP contribution in [0.5, 0.6) is 11.5 Å². The number of hydrogen-bond donors (Lipinski definition) is 1. The van der Waals surface area contributed by atoms with Crippen molar-refractivity contribution in [2.45, 2.75) is 61.5 Å². The van der Waals surface area contributed by atoms with E-state index in [1.165, 1.54) is 34.9 Å². The van der Waals surface area contributed by atoms with E-state index in [4.69, 9.17) is 9.47 Å². The lowest BCUT2D eigenvalue weighted by Crippen LogP contribution is -2.50. The van der Waals surface area contributed by atoms with Crippen LogP contribution in [0.1, 0.15) is 45.1 Å². The quantitative estimate of drug-likeness (QED) is 0.508. The molecule has 0 radical (unpaired) electrons. The predicted octanol–water partition coefficient (Wildman–Crippen LogP) is 3.74. The number of methoxy groups -OCH3 is 1. The van der Waals surface area contributed by atoms with Gasteiger partial charge in [-0.1, -0.05) is 25.1 Å². The highest BCUT2D eigenvalue weighted by atomic mass is 32.2. The van der Waals surface area contributed by atoms with Gasteiger partial charge in [0.1, 0.15) is 22.5 Å². The average molecular weight is 579 g/mol. The zero-order valence-corrected chi connectivity index (χ0v) is 24.5. The summed E-state index contributed by atoms with van der Waals surface area (Å²) < 4.78 is 68.5. The molecule has 214 valence electrons. The van der Waals surface area contributed by atoms with E-state index < -0.39 is 32.2 Å². The summed E-state index contributed by atoms with van der Waals surface area (Å²) in [6.45, 7) is 3.20. The molecule has 0 saturated carbocycles. The topological polar surface area (TPSA) is 113 Å². The Bertz CT molecular complexity index is 1420. The molecule has 9 nitrogen and oxygen atoms in total. The summed E-state index contributed by atoms with van der Waals surface area (Å²) in [6, 6.07) is 10.7. The third-order valence-corrected chi connectivity index (χ3v) is 11.4. The number of hydrogen-bond acceptors (Lipinski definition) is 7. The molecule has 1 heterocycles. The van der Waals surface area contributed by atoms with Crippen molar-refractivity contribution in [1.29, 1.82) is 0 Å². The Morgan fingerprint density at radius 2 is 1.97 bits per heavy atom. The third-order valence-electron chi connectivity index (χ3n) is 7.52. The van der Waals surface area contributed by atoms with Crippen molar-refractivity contribution in [3.63, 3.8) is 0 Å². The Balaban J connectivity index is 1.74. The zero-order chi connectivity index (χ0) is 28.4. The Labute approximate surface area is 232 Å². The second-order valence-electron chi connectivity index (χ2n) is 10.3. The molecule has 1 aliphatic heterocycles. The number of allylic oxidation sites excluding steroid dienone is 2. The first kappa shape index (κ1) is 29.5. The molecular weight excluding hydrogens is 540 g/mol. The van der Waals surface area contributed by atoms with Crippen LogP contribution in [0.3, 0.4) is 0 Å². The van der Waals surface area contributed by atoms with Gasteiger partial charge in [-0.25, -0.2) is 16.8 Å². The lowest BCUT2D eigenvalue weighted by atomic mass is 9.93. The maximum Gasteiger partial charge on any atom is 0.247 e. The first-order valence-electron chi connectivity index (χ1n) is 13.2. The number of benzene rings is 2. The van der Waals surface area contributed by atoms with Crippen molar-refractivity contribution in [3.8, 4) is 11.5 Å². The van der Waals surface area contributed by atoms with Crippen LogP contribution in [0, 0.1) is 5.92 Å². The smallest absolute Gasteiger partial charge is 0.247 e. The summed E-state index contributed by atoms with van der Waals surface area (Å²) in [5.74, 6) is 0.234. The van der Waals surface area contributed by atoms with Crippen LogP contribution in [-0.4, -0.2) is 76.6 Å². The van der Waals surface area contributed by atoms with Crippen LogP contribution in [0.15, 0.2) is 58.3 Å². The summed E-state index contributed by atoms with van der Waals surface area (Å²) in [7, 11) is -4.91. The van der Waals surface area contributed by atoms with Crippen LogP contribution in [-0.2, 0) is 20.0 Å². The van der Waals surface area contributed by atoms with Crippen LogP contribution in [0.25, 0.3) is 5.57 Å². The van der Waals surface area contributed by atoms with Gasteiger partial charge in [-0.05, 0) is 68.0 Å². The fraction of sp³-hybridized carbons (Fsp3) is 0.500. The van der Waals surface area contributed by atoms with Gasteiger partial charge in [0.05, 0.1) is 25.2 Å². The molecule has 1 N–H and O–H groups in total. The first-order valence-corrected chi connectivity index (χ1v) is 16.1. The van der Waals surface area contributed by atoms with Crippen molar-refractivity contribution < 1.29 is 31.4 Å². The lowest BCUT2D eigenvalue weighted by Gasteiger charge is -2.37. The minimum Gasteiger partial charge on any atom is -0.497 e. The van der Waals surface area contributed by atoms with E-state index >= 15 is 0 Å². The van der Waals surface area contributed by atoms with Gasteiger partial charge in [0.25, 0.3) is 0 Å². The van der Waals surface area contributed by atoms with Crippen LogP contribution in [0.4, 0.5) is 0 Å². The van der Waals surface area contributed by atoms with E-state index in [1.807, 2.05) is 6.92 Å². The molecule has 11 heteroatoms. The van der Waals surface area contributed by atoms with Gasteiger partial charge in [-0.15, -0.1) is 0 Å². The number of aliphatic hydroxyl groups is 1. The van der Waals surface area contributed by atoms with Gasteiger partial charge in [-0.3, -0.25) is 0 Å². The minimum absolute atomic E-state index is 0.00549. The van der Waals surface area contributed by atoms with Gasteiger partial charge in [0, 0.05) is 31.6 Å². The molecule has 2 aromatic rings. The number of likely N-dealkylation sites (N-methyl/N-ethyl adjacent to an activating group) is 1. The van der Waals surface area contributed by atoms with E-state index in [-0.39, 0.29) is 41.2 Å². The highest BCUT2D eigenvalue weighted by Crippen LogP contribution is 2.37. The van der Waals surface area contributed by atoms with Crippen molar-refractivity contribution in [2.75, 3.05) is 33.9 Å². The molecule has 0 amide bonds. The summed E-state index contributed by atoms with van der Waals surface area (Å²) in [6.07, 6.45) is 5.59. The van der Waals surface area contributed by atoms with Crippen LogP contribution >= 0.6 is 0 Å². The number of nitrogens with zero attached hydrogens (tertiary/aromatic N) is 2. The average Bonchev–Trinajstić information content (AvgIpc) is 2.94. The third kappa shape index (κ3) is 6.17. The molecule has 0 saturated heterocycles. The van der Waals surface area contributed by atoms with Gasteiger partial charge in [-0.2, -0.15) is 8.61 Å². The van der Waals surface area contributed by atoms with Crippen molar-refractivity contribution in [3.05, 3.63) is 54.1 Å². The Hall–Kier alpha value is -2.44. The molecular formula is C28H38N2O7S2. The summed E-state index contributed by atoms with van der Waals surface area (Å²) in [5.41, 5.74) is 2.05. The molecule has 1 aliphatic carbocycles. The molecule has 2 aliphatic rings. The summed E-state index contributed by atoms with van der Waals surface area (Å²) in [5, 5.41) is 9.87. The maximum atomic E-state index is 13.7. The SMILES string of the molecule is COc1cccc(S(=O)(=O)N(C)C[C@H]2Oc3cc(C4=CCCCC4)ccc3S(=O)(=O)N([C@@H](C)CO)C[C@H]2C)c1. The second-order valence-corrected chi connectivity index (χ2v) is 14.2. The fourth-order valence-corrected chi connectivity index (χ4v) is 8.08. The monoisotopic (exact) mass is 578 g/mol. The molecule has 0 unspecified atom stereocenters. The molecule has 0 aromatic heterocycles. The van der Waals surface area contributed by atoms with Gasteiger partial charge < -0.3 is 14.6 Å². The molecule has 0 spiro atoms. The highest BCUT2D eigenvalue weighted by Gasteiger charge is 2.39. The Morgan fingerprint density at radius 1 is 1.21 bits per heavy atom. The lowest BCUT2D eigenvalue weighted by molar-refractivity contribution is 0.0904. The summed E-state index contributed by atoms with van der Waals surface area (Å²) in [4.78, 5) is 0.103. The fourth-order valence-electron chi connectivity index (χ4n) is 5.04. The largest absolute Gasteiger partial charge is 0.497 e. The van der Waals surface area contributed by atoms with Gasteiger partial charge in [0.2, 0.25) is 20.0 Å². The number of ether oxygens (including phenoxy) is 2. The number of rotatable bonds is 8. The maximum absolute atomic E-state index is 13.7. The molecule has 3 atom stereocenters. The highest BCUT2D eigenvalue weighted by molar-refractivity contribution is 7.89. The molecule has 2 aromatic carbocycles. The van der Waals surface area contributed by atoms with Gasteiger partial charge in [0.15, 0.2) is 0 Å². The van der Waals surface area contributed by atoms with E-state index in [0.29, 0.717) is 5.75 Å². The predicted molar refractivity (Wildman–Crippen MR) is 150 cm³/mol. The molecule has 4 rings (SSSR count). The van der Waals surface area contributed by atoms with Crippen molar-refractivity contribution in [1.82, 2.24) is 8.61 Å². The first-order chi connectivity index (χ1) is 18.5. The number of fused-ring (bicyclic) bond motifs is 1. The van der Waals surface area contributed by atoms with Crippen molar-refractivity contribution >= 4 is 25.6 Å². The Morgan fingerprint density at radius 3 is 2.64 bits per heavy atom. The second kappa shape index (κ2) is 12.0. The number of aliphatic hydroxyl groups excluding tert-OH is 1. The molecule has 39 heavy (non-hydrogen) atoms. The van der Waals surface area contributed by atoms with E-state index in [1.54, 1.807) is 37.3 Å². The Kier molecular flexibility index (Phi) is 9.07.